The van der Waals surface area contributed by atoms with E-state index in [1.807, 2.05) is 20.8 Å². The number of allylic oxidation sites excluding steroid dienone is 2. The van der Waals surface area contributed by atoms with Crippen molar-refractivity contribution >= 4 is 6.09 Å². The van der Waals surface area contributed by atoms with Crippen LogP contribution in [0.15, 0.2) is 11.6 Å². The van der Waals surface area contributed by atoms with E-state index in [4.69, 9.17) is 4.74 Å². The maximum Gasteiger partial charge on any atom is 0.408 e. The zero-order valence-corrected chi connectivity index (χ0v) is 29.5. The van der Waals surface area contributed by atoms with Gasteiger partial charge in [0.1, 0.15) is 5.60 Å². The Morgan fingerprint density at radius 1 is 1.05 bits per heavy atom. The van der Waals surface area contributed by atoms with Crippen molar-refractivity contribution < 1.29 is 9.53 Å². The molecule has 0 aromatic heterocycles. The zero-order valence-electron chi connectivity index (χ0n) is 29.5. The molecule has 3 heteroatoms. The molecule has 0 aromatic rings. The fraction of sp³-hybridized carbons (Fsp3) is 0.897. The molecule has 3 nitrogen and oxygen atoms in total. The number of ether oxygens (including phenoxy) is 1. The number of hydrogen-bond acceptors (Lipinski definition) is 2. The molecule has 0 spiro atoms. The van der Waals surface area contributed by atoms with Gasteiger partial charge in [0.2, 0.25) is 0 Å². The predicted molar refractivity (Wildman–Crippen MR) is 178 cm³/mol. The summed E-state index contributed by atoms with van der Waals surface area (Å²) in [5.74, 6) is 4.55. The topological polar surface area (TPSA) is 38.3 Å². The van der Waals surface area contributed by atoms with Crippen LogP contribution in [-0.4, -0.2) is 17.2 Å². The van der Waals surface area contributed by atoms with Crippen LogP contribution in [0.25, 0.3) is 0 Å². The molecule has 9 atom stereocenters. The Labute approximate surface area is 261 Å². The third-order valence-corrected chi connectivity index (χ3v) is 13.8. The third-order valence-electron chi connectivity index (χ3n) is 13.8. The second-order valence-corrected chi connectivity index (χ2v) is 17.6. The largest absolute Gasteiger partial charge is 0.444 e. The molecule has 0 heterocycles. The summed E-state index contributed by atoms with van der Waals surface area (Å²) in [6.07, 6.45) is 20.2. The lowest BCUT2D eigenvalue weighted by Crippen LogP contribution is -2.60. The molecule has 0 aromatic carbocycles. The average Bonchev–Trinajstić information content (AvgIpc) is 3.19. The summed E-state index contributed by atoms with van der Waals surface area (Å²) in [5.41, 5.74) is 1.75. The highest BCUT2D eigenvalue weighted by Crippen LogP contribution is 2.74. The number of amides is 1. The normalized spacial score (nSPS) is 37.5. The van der Waals surface area contributed by atoms with Gasteiger partial charge in [0.25, 0.3) is 0 Å². The van der Waals surface area contributed by atoms with E-state index < -0.39 is 5.60 Å². The van der Waals surface area contributed by atoms with E-state index in [0.717, 1.165) is 36.0 Å². The average molecular weight is 583 g/mol. The lowest BCUT2D eigenvalue weighted by Gasteiger charge is -2.65. The molecule has 1 N–H and O–H groups in total. The molecule has 4 rings (SSSR count). The van der Waals surface area contributed by atoms with Gasteiger partial charge >= 0.3 is 6.09 Å². The first kappa shape index (κ1) is 33.9. The van der Waals surface area contributed by atoms with Gasteiger partial charge in [-0.05, 0) is 150 Å². The summed E-state index contributed by atoms with van der Waals surface area (Å²) in [6, 6.07) is 0. The summed E-state index contributed by atoms with van der Waals surface area (Å²) in [7, 11) is 0. The Hall–Kier alpha value is -0.990. The van der Waals surface area contributed by atoms with Crippen LogP contribution in [0.3, 0.4) is 0 Å². The van der Waals surface area contributed by atoms with Crippen LogP contribution in [0.1, 0.15) is 159 Å². The molecular formula is C39H68NO2. The number of alkyl carbamates (subject to hydrolysis) is 1. The standard InChI is InChI=1S/C39H68NO2/c1-12-29(27(3)4)18-17-28(5)31-22-25-39(26-36(9,13-2)40-34(41)42-35(6,7)8)33-20-19-30-16-14-15-23-37(30,10)32(33)21-24-38(31,39)11/h19,27-29,31-33H,2,12-18,20-26H2,1,3-11H3,(H,40,41)/t28-,29-,31-,32+,33+,36?,37+,38-,39+/m1/s1. The van der Waals surface area contributed by atoms with Crippen LogP contribution < -0.4 is 5.32 Å². The Balaban J connectivity index is 1.70. The van der Waals surface area contributed by atoms with Crippen LogP contribution in [0.5, 0.6) is 0 Å². The first-order valence-electron chi connectivity index (χ1n) is 18.0. The van der Waals surface area contributed by atoms with E-state index in [1.54, 1.807) is 5.57 Å². The SMILES string of the molecule is [CH2]CC(C)(C[C@]12CC[C@H]([C@H](C)CC[C@@H](CC)C(C)C)[C@@]1(C)CC[C@H]1[C@@H]2CC=C2CCCC[C@@]21C)NC(=O)OC(C)(C)C. The van der Waals surface area contributed by atoms with Crippen LogP contribution in [0.4, 0.5) is 4.79 Å². The van der Waals surface area contributed by atoms with E-state index in [9.17, 15) is 4.79 Å². The third kappa shape index (κ3) is 6.24. The Bertz CT molecular complexity index is 977. The van der Waals surface area contributed by atoms with Crippen LogP contribution >= 0.6 is 0 Å². The van der Waals surface area contributed by atoms with Crippen molar-refractivity contribution in [2.75, 3.05) is 0 Å². The molecule has 4 aliphatic rings. The molecule has 1 radical (unpaired) electrons. The Morgan fingerprint density at radius 2 is 1.76 bits per heavy atom. The van der Waals surface area contributed by atoms with Gasteiger partial charge in [-0.15, -0.1) is 0 Å². The van der Waals surface area contributed by atoms with Crippen molar-refractivity contribution in [1.82, 2.24) is 5.32 Å². The number of hydrogen-bond donors (Lipinski definition) is 1. The van der Waals surface area contributed by atoms with Crippen LogP contribution in [0, 0.1) is 58.7 Å². The molecule has 0 aliphatic heterocycles. The molecule has 3 fully saturated rings. The highest BCUT2D eigenvalue weighted by atomic mass is 16.6. The van der Waals surface area contributed by atoms with Gasteiger partial charge in [0, 0.05) is 5.54 Å². The predicted octanol–water partition coefficient (Wildman–Crippen LogP) is 11.3. The molecule has 0 saturated heterocycles. The van der Waals surface area contributed by atoms with E-state index in [1.165, 1.54) is 77.0 Å². The van der Waals surface area contributed by atoms with Gasteiger partial charge in [0.15, 0.2) is 0 Å². The molecule has 42 heavy (non-hydrogen) atoms. The van der Waals surface area contributed by atoms with E-state index in [-0.39, 0.29) is 22.5 Å². The first-order valence-corrected chi connectivity index (χ1v) is 18.0. The Morgan fingerprint density at radius 3 is 2.38 bits per heavy atom. The van der Waals surface area contributed by atoms with E-state index in [2.05, 4.69) is 66.8 Å². The number of carbonyl (C=O) groups is 1. The fourth-order valence-electron chi connectivity index (χ4n) is 11.4. The van der Waals surface area contributed by atoms with Gasteiger partial charge < -0.3 is 10.1 Å². The minimum absolute atomic E-state index is 0.209. The van der Waals surface area contributed by atoms with Crippen molar-refractivity contribution in [3.8, 4) is 0 Å². The van der Waals surface area contributed by atoms with Gasteiger partial charge in [-0.3, -0.25) is 0 Å². The lowest BCUT2D eigenvalue weighted by atomic mass is 9.40. The summed E-state index contributed by atoms with van der Waals surface area (Å²) in [4.78, 5) is 13.2. The minimum atomic E-state index is -0.505. The number of carbonyl (C=O) groups excluding carboxylic acids is 1. The monoisotopic (exact) mass is 583 g/mol. The van der Waals surface area contributed by atoms with Crippen LogP contribution in [-0.2, 0) is 4.74 Å². The summed E-state index contributed by atoms with van der Waals surface area (Å²) < 4.78 is 5.81. The Kier molecular flexibility index (Phi) is 10.0. The molecule has 0 bridgehead atoms. The van der Waals surface area contributed by atoms with Crippen molar-refractivity contribution in [2.45, 2.75) is 170 Å². The zero-order chi connectivity index (χ0) is 31.1. The molecule has 241 valence electrons. The molecule has 1 unspecified atom stereocenters. The van der Waals surface area contributed by atoms with Crippen molar-refractivity contribution in [1.29, 1.82) is 0 Å². The van der Waals surface area contributed by atoms with Crippen LogP contribution in [0.2, 0.25) is 0 Å². The summed E-state index contributed by atoms with van der Waals surface area (Å²) in [5, 5.41) is 3.40. The van der Waals surface area contributed by atoms with Gasteiger partial charge in [-0.25, -0.2) is 4.79 Å². The van der Waals surface area contributed by atoms with Gasteiger partial charge in [-0.2, -0.15) is 0 Å². The number of fused-ring (bicyclic) bond motifs is 5. The maximum atomic E-state index is 13.2. The van der Waals surface area contributed by atoms with Crippen molar-refractivity contribution in [2.24, 2.45) is 51.8 Å². The quantitative estimate of drug-likeness (QED) is 0.260. The summed E-state index contributed by atoms with van der Waals surface area (Å²) >= 11 is 0. The molecule has 1 amide bonds. The highest BCUT2D eigenvalue weighted by Gasteiger charge is 2.67. The van der Waals surface area contributed by atoms with Crippen molar-refractivity contribution in [3.05, 3.63) is 18.6 Å². The molecular weight excluding hydrogens is 514 g/mol. The highest BCUT2D eigenvalue weighted by molar-refractivity contribution is 5.68. The van der Waals surface area contributed by atoms with Gasteiger partial charge in [-0.1, -0.05) is 79.4 Å². The fourth-order valence-corrected chi connectivity index (χ4v) is 11.4. The minimum Gasteiger partial charge on any atom is -0.444 e. The second-order valence-electron chi connectivity index (χ2n) is 17.6. The number of rotatable bonds is 10. The van der Waals surface area contributed by atoms with Crippen molar-refractivity contribution in [3.63, 3.8) is 0 Å². The van der Waals surface area contributed by atoms with E-state index in [0.29, 0.717) is 17.8 Å². The number of nitrogens with one attached hydrogen (secondary N) is 1. The molecule has 3 saturated carbocycles. The first-order chi connectivity index (χ1) is 19.5. The summed E-state index contributed by atoms with van der Waals surface area (Å²) in [6.45, 7) is 27.7. The lowest BCUT2D eigenvalue weighted by molar-refractivity contribution is -0.135. The van der Waals surface area contributed by atoms with E-state index >= 15 is 0 Å². The second kappa shape index (κ2) is 12.4. The maximum absolute atomic E-state index is 13.2. The molecule has 4 aliphatic carbocycles. The van der Waals surface area contributed by atoms with Gasteiger partial charge in [0.05, 0.1) is 0 Å². The smallest absolute Gasteiger partial charge is 0.408 e.